The number of anilines is 1. The first kappa shape index (κ1) is 18.8. The molecule has 1 atom stereocenters. The predicted molar refractivity (Wildman–Crippen MR) is 99.3 cm³/mol. The molecular formula is C18H29N5O3. The van der Waals surface area contributed by atoms with Crippen molar-refractivity contribution < 1.29 is 9.53 Å². The molecule has 8 nitrogen and oxygen atoms in total. The normalized spacial score (nSPS) is 22.8. The van der Waals surface area contributed by atoms with Crippen molar-refractivity contribution in [3.8, 4) is 0 Å². The number of aryl methyl sites for hydroxylation is 1. The van der Waals surface area contributed by atoms with E-state index in [1.54, 1.807) is 19.3 Å². The van der Waals surface area contributed by atoms with Crippen LogP contribution in [0.4, 0.5) is 5.69 Å². The van der Waals surface area contributed by atoms with Gasteiger partial charge in [-0.2, -0.15) is 5.10 Å². The molecule has 0 unspecified atom stereocenters. The zero-order chi connectivity index (χ0) is 18.6. The molecule has 2 aliphatic rings. The lowest BCUT2D eigenvalue weighted by Crippen LogP contribution is -2.47. The average Bonchev–Trinajstić information content (AvgIpc) is 2.65. The number of rotatable bonds is 5. The summed E-state index contributed by atoms with van der Waals surface area (Å²) >= 11 is 0. The maximum Gasteiger partial charge on any atom is 0.268 e. The van der Waals surface area contributed by atoms with Crippen LogP contribution < -0.4 is 21.1 Å². The van der Waals surface area contributed by atoms with Crippen LogP contribution in [0, 0.1) is 5.41 Å². The van der Waals surface area contributed by atoms with Gasteiger partial charge in [0.15, 0.2) is 0 Å². The molecule has 2 aliphatic heterocycles. The molecular weight excluding hydrogens is 334 g/mol. The van der Waals surface area contributed by atoms with E-state index in [4.69, 9.17) is 4.74 Å². The van der Waals surface area contributed by atoms with E-state index in [9.17, 15) is 9.59 Å². The van der Waals surface area contributed by atoms with Gasteiger partial charge in [-0.3, -0.25) is 9.59 Å². The second kappa shape index (κ2) is 8.18. The van der Waals surface area contributed by atoms with Crippen molar-refractivity contribution in [2.24, 2.45) is 12.5 Å². The number of hydrogen-bond donors (Lipinski definition) is 2. The van der Waals surface area contributed by atoms with Gasteiger partial charge < -0.3 is 20.3 Å². The number of nitrogens with one attached hydrogen (secondary N) is 2. The third kappa shape index (κ3) is 4.42. The first-order valence-corrected chi connectivity index (χ1v) is 9.37. The molecule has 0 aliphatic carbocycles. The number of morpholine rings is 1. The number of aromatic nitrogens is 2. The lowest BCUT2D eigenvalue weighted by atomic mass is 9.80. The lowest BCUT2D eigenvalue weighted by Gasteiger charge is -2.35. The van der Waals surface area contributed by atoms with Crippen molar-refractivity contribution in [2.45, 2.75) is 32.3 Å². The van der Waals surface area contributed by atoms with Gasteiger partial charge in [0.05, 0.1) is 24.6 Å². The highest BCUT2D eigenvalue weighted by atomic mass is 16.5. The summed E-state index contributed by atoms with van der Waals surface area (Å²) in [6, 6.07) is 1.61. The standard InChI is InChI=1S/C18H29N5O3/c1-18(4-7-19-8-5-18)17(25)20-6-3-15-13-23(9-10-26-15)14-11-16(24)22(2)21-12-14/h11-12,15,19H,3-10,13H2,1-2H3,(H,20,25)/t15-/m0/s1. The third-order valence-electron chi connectivity index (χ3n) is 5.46. The van der Waals surface area contributed by atoms with Crippen molar-refractivity contribution in [3.05, 3.63) is 22.6 Å². The molecule has 0 radical (unpaired) electrons. The molecule has 2 saturated heterocycles. The minimum absolute atomic E-state index is 0.0361. The number of amides is 1. The number of carbonyl (C=O) groups is 1. The highest BCUT2D eigenvalue weighted by molar-refractivity contribution is 5.82. The van der Waals surface area contributed by atoms with E-state index in [0.717, 1.165) is 44.6 Å². The van der Waals surface area contributed by atoms with Crippen molar-refractivity contribution >= 4 is 11.6 Å². The van der Waals surface area contributed by atoms with Crippen LogP contribution in [-0.2, 0) is 16.6 Å². The highest BCUT2D eigenvalue weighted by Crippen LogP contribution is 2.27. The van der Waals surface area contributed by atoms with E-state index in [2.05, 4.69) is 20.6 Å². The molecule has 0 saturated carbocycles. The summed E-state index contributed by atoms with van der Waals surface area (Å²) in [7, 11) is 1.64. The molecule has 144 valence electrons. The summed E-state index contributed by atoms with van der Waals surface area (Å²) in [5.74, 6) is 0.141. The Morgan fingerprint density at radius 3 is 2.96 bits per heavy atom. The van der Waals surface area contributed by atoms with Gasteiger partial charge in [-0.05, 0) is 32.4 Å². The Morgan fingerprint density at radius 1 is 1.46 bits per heavy atom. The molecule has 3 rings (SSSR count). The zero-order valence-electron chi connectivity index (χ0n) is 15.7. The predicted octanol–water partition coefficient (Wildman–Crippen LogP) is -0.118. The number of nitrogens with zero attached hydrogens (tertiary/aromatic N) is 3. The maximum absolute atomic E-state index is 12.5. The third-order valence-corrected chi connectivity index (χ3v) is 5.46. The summed E-state index contributed by atoms with van der Waals surface area (Å²) < 4.78 is 7.15. The van der Waals surface area contributed by atoms with E-state index in [0.29, 0.717) is 19.7 Å². The smallest absolute Gasteiger partial charge is 0.268 e. The second-order valence-electron chi connectivity index (χ2n) is 7.47. The van der Waals surface area contributed by atoms with Gasteiger partial charge in [0.2, 0.25) is 5.91 Å². The number of hydrogen-bond acceptors (Lipinski definition) is 6. The van der Waals surface area contributed by atoms with E-state index >= 15 is 0 Å². The van der Waals surface area contributed by atoms with Gasteiger partial charge in [-0.15, -0.1) is 0 Å². The topological polar surface area (TPSA) is 88.5 Å². The minimum atomic E-state index is -0.263. The van der Waals surface area contributed by atoms with Gasteiger partial charge in [0, 0.05) is 38.2 Å². The van der Waals surface area contributed by atoms with Gasteiger partial charge in [0.1, 0.15) is 0 Å². The number of carbonyl (C=O) groups excluding carboxylic acids is 1. The fraction of sp³-hybridized carbons (Fsp3) is 0.722. The zero-order valence-corrected chi connectivity index (χ0v) is 15.7. The second-order valence-corrected chi connectivity index (χ2v) is 7.47. The largest absolute Gasteiger partial charge is 0.374 e. The van der Waals surface area contributed by atoms with E-state index in [1.807, 2.05) is 6.92 Å². The summed E-state index contributed by atoms with van der Waals surface area (Å²) in [5, 5.41) is 10.5. The van der Waals surface area contributed by atoms with Crippen LogP contribution in [0.5, 0.6) is 0 Å². The molecule has 2 N–H and O–H groups in total. The summed E-state index contributed by atoms with van der Waals surface area (Å²) in [6.45, 7) is 6.50. The number of ether oxygens (including phenoxy) is 1. The quantitative estimate of drug-likeness (QED) is 0.758. The Morgan fingerprint density at radius 2 is 2.23 bits per heavy atom. The molecule has 1 amide bonds. The molecule has 2 fully saturated rings. The first-order chi connectivity index (χ1) is 12.5. The summed E-state index contributed by atoms with van der Waals surface area (Å²) in [6.07, 6.45) is 4.26. The van der Waals surface area contributed by atoms with Gasteiger partial charge in [-0.1, -0.05) is 6.92 Å². The first-order valence-electron chi connectivity index (χ1n) is 9.37. The Labute approximate surface area is 153 Å². The van der Waals surface area contributed by atoms with Crippen molar-refractivity contribution in [1.29, 1.82) is 0 Å². The molecule has 1 aromatic rings. The average molecular weight is 363 g/mol. The van der Waals surface area contributed by atoms with Crippen molar-refractivity contribution in [3.63, 3.8) is 0 Å². The van der Waals surface area contributed by atoms with Crippen molar-refractivity contribution in [1.82, 2.24) is 20.4 Å². The summed E-state index contributed by atoms with van der Waals surface area (Å²) in [5.41, 5.74) is 0.446. The van der Waals surface area contributed by atoms with Crippen LogP contribution in [0.2, 0.25) is 0 Å². The SMILES string of the molecule is Cn1ncc(N2CCO[C@@H](CCNC(=O)C3(C)CCNCC3)C2)cc1=O. The number of piperidine rings is 1. The van der Waals surface area contributed by atoms with Crippen LogP contribution >= 0.6 is 0 Å². The Bertz CT molecular complexity index is 684. The summed E-state index contributed by atoms with van der Waals surface area (Å²) in [4.78, 5) is 26.4. The van der Waals surface area contributed by atoms with Gasteiger partial charge in [0.25, 0.3) is 5.56 Å². The molecule has 3 heterocycles. The van der Waals surface area contributed by atoms with Crippen LogP contribution in [0.15, 0.2) is 17.1 Å². The lowest BCUT2D eigenvalue weighted by molar-refractivity contribution is -0.131. The van der Waals surface area contributed by atoms with Crippen LogP contribution in [-0.4, -0.2) is 61.1 Å². The molecule has 8 heteroatoms. The van der Waals surface area contributed by atoms with E-state index < -0.39 is 0 Å². The van der Waals surface area contributed by atoms with Crippen LogP contribution in [0.1, 0.15) is 26.2 Å². The Balaban J connectivity index is 1.48. The van der Waals surface area contributed by atoms with E-state index in [1.165, 1.54) is 4.68 Å². The highest BCUT2D eigenvalue weighted by Gasteiger charge is 2.34. The Kier molecular flexibility index (Phi) is 5.93. The monoisotopic (exact) mass is 363 g/mol. The molecule has 0 bridgehead atoms. The van der Waals surface area contributed by atoms with Crippen molar-refractivity contribution in [2.75, 3.05) is 44.2 Å². The fourth-order valence-electron chi connectivity index (χ4n) is 3.53. The minimum Gasteiger partial charge on any atom is -0.374 e. The van der Waals surface area contributed by atoms with Gasteiger partial charge in [-0.25, -0.2) is 4.68 Å². The molecule has 1 aromatic heterocycles. The fourth-order valence-corrected chi connectivity index (χ4v) is 3.53. The maximum atomic E-state index is 12.5. The molecule has 0 aromatic carbocycles. The molecule has 0 spiro atoms. The van der Waals surface area contributed by atoms with Crippen LogP contribution in [0.3, 0.4) is 0 Å². The Hall–Kier alpha value is -1.93. The van der Waals surface area contributed by atoms with E-state index in [-0.39, 0.29) is 23.0 Å². The molecule has 26 heavy (non-hydrogen) atoms. The van der Waals surface area contributed by atoms with Crippen LogP contribution in [0.25, 0.3) is 0 Å². The van der Waals surface area contributed by atoms with Gasteiger partial charge >= 0.3 is 0 Å².